The van der Waals surface area contributed by atoms with Gasteiger partial charge in [-0.3, -0.25) is 0 Å². The summed E-state index contributed by atoms with van der Waals surface area (Å²) in [6, 6.07) is 8.84. The van der Waals surface area contributed by atoms with E-state index in [0.29, 0.717) is 11.8 Å². The number of hydrogen-bond acceptors (Lipinski definition) is 0. The summed E-state index contributed by atoms with van der Waals surface area (Å²) in [6.07, 6.45) is 4.71. The Morgan fingerprint density at radius 3 is 1.86 bits per heavy atom. The molecule has 0 nitrogen and oxygen atoms in total. The Morgan fingerprint density at radius 1 is 0.929 bits per heavy atom. The van der Waals surface area contributed by atoms with Crippen LogP contribution in [-0.2, 0) is 0 Å². The third-order valence-electron chi connectivity index (χ3n) is 3.41. The zero-order chi connectivity index (χ0) is 9.71. The normalized spacial score (nSPS) is 26.9. The topological polar surface area (TPSA) is 0 Å². The summed E-state index contributed by atoms with van der Waals surface area (Å²) >= 11 is 0. The van der Waals surface area contributed by atoms with E-state index in [1.165, 1.54) is 16.7 Å². The molecule has 0 N–H and O–H groups in total. The van der Waals surface area contributed by atoms with Crippen LogP contribution in [0.4, 0.5) is 0 Å². The highest BCUT2D eigenvalue weighted by atomic mass is 14.4. The Bertz CT molecular complexity index is 410. The molecule has 14 heavy (non-hydrogen) atoms. The number of allylic oxidation sites excluding steroid dienone is 4. The average molecular weight is 182 g/mol. The molecule has 0 radical (unpaired) electrons. The van der Waals surface area contributed by atoms with E-state index in [2.05, 4.69) is 50.3 Å². The highest BCUT2D eigenvalue weighted by Gasteiger charge is 2.37. The zero-order valence-corrected chi connectivity index (χ0v) is 8.62. The molecule has 1 aromatic carbocycles. The first-order valence-electron chi connectivity index (χ1n) is 5.23. The van der Waals surface area contributed by atoms with Crippen molar-refractivity contribution < 1.29 is 0 Å². The van der Waals surface area contributed by atoms with Crippen LogP contribution in [0.1, 0.15) is 36.8 Å². The summed E-state index contributed by atoms with van der Waals surface area (Å²) in [5.41, 5.74) is 6.15. The Kier molecular flexibility index (Phi) is 1.49. The van der Waals surface area contributed by atoms with Crippen LogP contribution in [0.15, 0.2) is 47.6 Å². The lowest BCUT2D eigenvalue weighted by molar-refractivity contribution is 0.992. The Labute approximate surface area is 85.0 Å². The quantitative estimate of drug-likeness (QED) is 0.536. The summed E-state index contributed by atoms with van der Waals surface area (Å²) in [7, 11) is 0. The monoisotopic (exact) mass is 182 g/mol. The molecule has 0 heterocycles. The molecule has 3 rings (SSSR count). The predicted octanol–water partition coefficient (Wildman–Crippen LogP) is 3.77. The Morgan fingerprint density at radius 2 is 1.43 bits per heavy atom. The van der Waals surface area contributed by atoms with Gasteiger partial charge in [0, 0.05) is 11.8 Å². The molecule has 0 saturated carbocycles. The second-order valence-corrected chi connectivity index (χ2v) is 4.42. The molecule has 0 aromatic heterocycles. The first-order chi connectivity index (χ1) is 6.79. The fourth-order valence-electron chi connectivity index (χ4n) is 2.86. The van der Waals surface area contributed by atoms with Crippen molar-refractivity contribution in [3.8, 4) is 0 Å². The maximum Gasteiger partial charge on any atom is 0.0243 e. The van der Waals surface area contributed by atoms with Crippen LogP contribution in [0.25, 0.3) is 0 Å². The molecule has 0 aliphatic heterocycles. The Hall–Kier alpha value is -1.30. The highest BCUT2D eigenvalue weighted by molar-refractivity contribution is 5.60. The standard InChI is InChI=1S/C14H14/c1-9(2)14-12-7-8-13(14)11-6-4-3-5-10(11)12/h3-8,12-13H,1-2H3/t12-,13-/m0/s1. The van der Waals surface area contributed by atoms with E-state index in [0.717, 1.165) is 0 Å². The van der Waals surface area contributed by atoms with Crippen LogP contribution in [-0.4, -0.2) is 0 Å². The molecule has 2 atom stereocenters. The summed E-state index contributed by atoms with van der Waals surface area (Å²) in [6.45, 7) is 4.46. The Balaban J connectivity index is 2.26. The van der Waals surface area contributed by atoms with Gasteiger partial charge in [-0.25, -0.2) is 0 Å². The van der Waals surface area contributed by atoms with E-state index >= 15 is 0 Å². The number of fused-ring (bicyclic) bond motifs is 5. The van der Waals surface area contributed by atoms with Gasteiger partial charge in [0.25, 0.3) is 0 Å². The molecule has 2 aliphatic rings. The lowest BCUT2D eigenvalue weighted by Crippen LogP contribution is -1.90. The van der Waals surface area contributed by atoms with E-state index in [1.54, 1.807) is 5.57 Å². The van der Waals surface area contributed by atoms with Crippen molar-refractivity contribution >= 4 is 0 Å². The van der Waals surface area contributed by atoms with Crippen molar-refractivity contribution in [1.29, 1.82) is 0 Å². The zero-order valence-electron chi connectivity index (χ0n) is 8.62. The van der Waals surface area contributed by atoms with Gasteiger partial charge < -0.3 is 0 Å². The lowest BCUT2D eigenvalue weighted by atomic mass is 9.97. The van der Waals surface area contributed by atoms with E-state index in [-0.39, 0.29) is 0 Å². The van der Waals surface area contributed by atoms with Crippen molar-refractivity contribution in [1.82, 2.24) is 0 Å². The fraction of sp³-hybridized carbons (Fsp3) is 0.286. The molecule has 0 unspecified atom stereocenters. The molecule has 1 aromatic rings. The molecule has 0 saturated heterocycles. The van der Waals surface area contributed by atoms with Crippen molar-refractivity contribution in [2.24, 2.45) is 0 Å². The largest absolute Gasteiger partial charge is 0.0760 e. The third-order valence-corrected chi connectivity index (χ3v) is 3.41. The van der Waals surface area contributed by atoms with Crippen molar-refractivity contribution in [2.75, 3.05) is 0 Å². The fourth-order valence-corrected chi connectivity index (χ4v) is 2.86. The van der Waals surface area contributed by atoms with Crippen molar-refractivity contribution in [2.45, 2.75) is 25.7 Å². The molecule has 70 valence electrons. The minimum Gasteiger partial charge on any atom is -0.0760 e. The van der Waals surface area contributed by atoms with Crippen LogP contribution in [0.2, 0.25) is 0 Å². The van der Waals surface area contributed by atoms with Gasteiger partial charge >= 0.3 is 0 Å². The van der Waals surface area contributed by atoms with Crippen molar-refractivity contribution in [3.05, 3.63) is 58.7 Å². The molecular formula is C14H14. The predicted molar refractivity (Wildman–Crippen MR) is 59.4 cm³/mol. The van der Waals surface area contributed by atoms with Gasteiger partial charge in [-0.1, -0.05) is 42.0 Å². The van der Waals surface area contributed by atoms with Crippen LogP contribution >= 0.6 is 0 Å². The first-order valence-corrected chi connectivity index (χ1v) is 5.23. The highest BCUT2D eigenvalue weighted by Crippen LogP contribution is 2.53. The van der Waals surface area contributed by atoms with Crippen LogP contribution in [0.5, 0.6) is 0 Å². The molecule has 0 heteroatoms. The minimum absolute atomic E-state index is 0.584. The maximum atomic E-state index is 2.36. The van der Waals surface area contributed by atoms with Gasteiger partial charge in [0.2, 0.25) is 0 Å². The lowest BCUT2D eigenvalue weighted by Gasteiger charge is -2.07. The molecule has 0 amide bonds. The summed E-state index contributed by atoms with van der Waals surface area (Å²) in [4.78, 5) is 0. The molecule has 0 fully saturated rings. The molecule has 2 bridgehead atoms. The maximum absolute atomic E-state index is 2.36. The molecule has 2 aliphatic carbocycles. The van der Waals surface area contributed by atoms with Gasteiger partial charge in [-0.2, -0.15) is 0 Å². The van der Waals surface area contributed by atoms with E-state index in [1.807, 2.05) is 0 Å². The van der Waals surface area contributed by atoms with Gasteiger partial charge in [0.15, 0.2) is 0 Å². The second kappa shape index (κ2) is 2.60. The van der Waals surface area contributed by atoms with Crippen LogP contribution in [0.3, 0.4) is 0 Å². The number of benzene rings is 1. The summed E-state index contributed by atoms with van der Waals surface area (Å²) in [5, 5.41) is 0. The van der Waals surface area contributed by atoms with Gasteiger partial charge in [-0.15, -0.1) is 0 Å². The molecule has 0 spiro atoms. The van der Waals surface area contributed by atoms with E-state index in [9.17, 15) is 0 Å². The average Bonchev–Trinajstić information content (AvgIpc) is 2.73. The number of hydrogen-bond donors (Lipinski definition) is 0. The minimum atomic E-state index is 0.584. The van der Waals surface area contributed by atoms with Gasteiger partial charge in [0.05, 0.1) is 0 Å². The van der Waals surface area contributed by atoms with Gasteiger partial charge in [0.1, 0.15) is 0 Å². The van der Waals surface area contributed by atoms with E-state index in [4.69, 9.17) is 0 Å². The van der Waals surface area contributed by atoms with Crippen LogP contribution in [0, 0.1) is 0 Å². The first kappa shape index (κ1) is 8.05. The van der Waals surface area contributed by atoms with Crippen molar-refractivity contribution in [3.63, 3.8) is 0 Å². The summed E-state index contributed by atoms with van der Waals surface area (Å²) < 4.78 is 0. The van der Waals surface area contributed by atoms with E-state index < -0.39 is 0 Å². The second-order valence-electron chi connectivity index (χ2n) is 4.42. The SMILES string of the molecule is CC(C)=C1[C@H]2C=C[C@H]1c1ccccc12. The van der Waals surface area contributed by atoms with Gasteiger partial charge in [-0.05, 0) is 30.5 Å². The van der Waals surface area contributed by atoms with Crippen LogP contribution < -0.4 is 0 Å². The summed E-state index contributed by atoms with van der Waals surface area (Å²) in [5.74, 6) is 1.17. The molecular weight excluding hydrogens is 168 g/mol. The third kappa shape index (κ3) is 0.836. The smallest absolute Gasteiger partial charge is 0.0243 e. The number of rotatable bonds is 0.